The van der Waals surface area contributed by atoms with E-state index in [1.165, 1.54) is 0 Å². The molecule has 28 valence electrons. The molecule has 0 atom stereocenters. The average Bonchev–Trinajstić information content (AvgIpc) is 1.46. The summed E-state index contributed by atoms with van der Waals surface area (Å²) in [6.07, 6.45) is 0. The molecule has 0 radical (unpaired) electrons. The van der Waals surface area contributed by atoms with Crippen molar-refractivity contribution in [1.82, 2.24) is 0 Å². The van der Waals surface area contributed by atoms with Gasteiger partial charge in [-0.25, -0.2) is 0 Å². The van der Waals surface area contributed by atoms with Crippen LogP contribution in [-0.2, 0) is 16.2 Å². The molecule has 0 aliphatic rings. The zero-order chi connectivity index (χ0) is 4.71. The van der Waals surface area contributed by atoms with Crippen LogP contribution in [0.5, 0.6) is 0 Å². The zero-order valence-corrected chi connectivity index (χ0v) is 2.95. The van der Waals surface area contributed by atoms with E-state index < -0.39 is 11.6 Å². The van der Waals surface area contributed by atoms with Crippen LogP contribution >= 0.6 is 0 Å². The summed E-state index contributed by atoms with van der Waals surface area (Å²) in [5, 5.41) is 0. The summed E-state index contributed by atoms with van der Waals surface area (Å²) < 4.78 is 24.1. The van der Waals surface area contributed by atoms with Crippen molar-refractivity contribution in [2.24, 2.45) is 0 Å². The maximum atomic E-state index is 8.29. The molecule has 0 aromatic carbocycles. The zero-order valence-electron chi connectivity index (χ0n) is 2.13. The minimum absolute atomic E-state index is 0.750. The van der Waals surface area contributed by atoms with Crippen LogP contribution in [0.4, 0.5) is 0 Å². The first-order valence-electron chi connectivity index (χ1n) is 0.537. The fourth-order valence-electron chi connectivity index (χ4n) is 0. The molecule has 0 bridgehead atoms. The topological polar surface area (TPSA) is 54.0 Å². The van der Waals surface area contributed by atoms with E-state index in [9.17, 15) is 0 Å². The van der Waals surface area contributed by atoms with Gasteiger partial charge in [0, 0.05) is 0 Å². The van der Waals surface area contributed by atoms with Gasteiger partial charge in [-0.3, -0.25) is 0 Å². The van der Waals surface area contributed by atoms with Crippen LogP contribution in [0.2, 0.25) is 0 Å². The quantitative estimate of drug-likeness (QED) is 0.293. The standard InChI is InChI=1S/CO.O2S/c1-2;1-3-2. The predicted molar refractivity (Wildman–Crippen MR) is 12.8 cm³/mol. The van der Waals surface area contributed by atoms with Gasteiger partial charge in [-0.05, 0) is 0 Å². The van der Waals surface area contributed by atoms with Gasteiger partial charge in [0.05, 0.1) is 0 Å². The number of hydrogen-bond donors (Lipinski definition) is 0. The first-order valence-corrected chi connectivity index (χ1v) is 1.20. The Balaban J connectivity index is 0. The average molecular weight is 92.1 g/mol. The van der Waals surface area contributed by atoms with Gasteiger partial charge in [0.25, 0.3) is 0 Å². The Morgan fingerprint density at radius 3 is 1.40 bits per heavy atom. The van der Waals surface area contributed by atoms with E-state index in [1.807, 2.05) is 0 Å². The molecule has 0 unspecified atom stereocenters. The minimum atomic E-state index is -0.750. The van der Waals surface area contributed by atoms with E-state index in [2.05, 4.69) is 6.65 Å². The van der Waals surface area contributed by atoms with E-state index in [1.54, 1.807) is 0 Å². The summed E-state index contributed by atoms with van der Waals surface area (Å²) in [6.45, 7) is 4.50. The third kappa shape index (κ3) is 44.8. The summed E-state index contributed by atoms with van der Waals surface area (Å²) in [4.78, 5) is 0. The summed E-state index contributed by atoms with van der Waals surface area (Å²) in [5.74, 6) is 0. The molecule has 5 heavy (non-hydrogen) atoms. The van der Waals surface area contributed by atoms with Crippen LogP contribution < -0.4 is 0 Å². The Labute approximate surface area is 32.3 Å². The molecular weight excluding hydrogens is 92.1 g/mol. The summed E-state index contributed by atoms with van der Waals surface area (Å²) in [6, 6.07) is 0. The molecule has 0 heterocycles. The Hall–Kier alpha value is -0.440. The van der Waals surface area contributed by atoms with Crippen molar-refractivity contribution in [3.63, 3.8) is 0 Å². The van der Waals surface area contributed by atoms with Crippen molar-refractivity contribution < 1.29 is 13.1 Å². The van der Waals surface area contributed by atoms with Crippen molar-refractivity contribution in [2.75, 3.05) is 0 Å². The van der Waals surface area contributed by atoms with Gasteiger partial charge in [0.1, 0.15) is 0 Å². The fraction of sp³-hybridized carbons (Fsp3) is 0. The van der Waals surface area contributed by atoms with Gasteiger partial charge in [-0.1, -0.05) is 0 Å². The Bertz CT molecular complexity index is 49.2. The third-order valence-corrected chi connectivity index (χ3v) is 0. The van der Waals surface area contributed by atoms with Gasteiger partial charge in [-0.15, -0.1) is 0 Å². The molecule has 0 aromatic heterocycles. The first kappa shape index (κ1) is 8.82. The second-order valence-corrected chi connectivity index (χ2v) is 0.204. The van der Waals surface area contributed by atoms with Gasteiger partial charge in [-0.2, -0.15) is 8.42 Å². The molecule has 0 amide bonds. The SMILES string of the molecule is O=S=O.[C-]#[O+]. The Morgan fingerprint density at radius 2 is 1.40 bits per heavy atom. The van der Waals surface area contributed by atoms with E-state index >= 15 is 0 Å². The summed E-state index contributed by atoms with van der Waals surface area (Å²) in [5.41, 5.74) is 0. The molecular formula is CO3S. The van der Waals surface area contributed by atoms with Crippen LogP contribution in [0, 0.1) is 6.65 Å². The Kier molecular flexibility index (Phi) is 131. The van der Waals surface area contributed by atoms with Gasteiger partial charge >= 0.3 is 22.9 Å². The van der Waals surface area contributed by atoms with Crippen molar-refractivity contribution >= 4 is 11.6 Å². The normalized spacial score (nSPS) is 2.80. The van der Waals surface area contributed by atoms with E-state index in [4.69, 9.17) is 13.1 Å². The monoisotopic (exact) mass is 92.0 g/mol. The molecule has 0 rings (SSSR count). The second-order valence-electron chi connectivity index (χ2n) is 0.0680. The van der Waals surface area contributed by atoms with Crippen molar-refractivity contribution in [3.05, 3.63) is 6.65 Å². The first-order chi connectivity index (χ1) is 2.41. The van der Waals surface area contributed by atoms with Crippen LogP contribution in [0.15, 0.2) is 0 Å². The number of hydrogen-bond acceptors (Lipinski definition) is 2. The molecule has 0 saturated heterocycles. The molecule has 0 aliphatic carbocycles. The molecule has 4 heteroatoms. The van der Waals surface area contributed by atoms with Crippen LogP contribution in [0.3, 0.4) is 0 Å². The Morgan fingerprint density at radius 1 is 1.40 bits per heavy atom. The molecule has 0 fully saturated rings. The third-order valence-electron chi connectivity index (χ3n) is 0. The van der Waals surface area contributed by atoms with E-state index in [0.717, 1.165) is 0 Å². The molecule has 0 spiro atoms. The summed E-state index contributed by atoms with van der Waals surface area (Å²) >= 11 is -0.750. The molecule has 3 nitrogen and oxygen atoms in total. The summed E-state index contributed by atoms with van der Waals surface area (Å²) in [7, 11) is 0. The molecule has 0 aliphatic heterocycles. The van der Waals surface area contributed by atoms with E-state index in [-0.39, 0.29) is 0 Å². The van der Waals surface area contributed by atoms with Gasteiger partial charge in [0.15, 0.2) is 0 Å². The van der Waals surface area contributed by atoms with Crippen LogP contribution in [0.1, 0.15) is 0 Å². The van der Waals surface area contributed by atoms with E-state index in [0.29, 0.717) is 0 Å². The maximum absolute atomic E-state index is 8.29. The molecule has 0 aromatic rings. The molecule has 0 saturated carbocycles. The predicted octanol–water partition coefficient (Wildman–Crippen LogP) is -0.708. The molecule has 0 N–H and O–H groups in total. The second kappa shape index (κ2) is 74.4. The van der Waals surface area contributed by atoms with Crippen molar-refractivity contribution in [2.45, 2.75) is 0 Å². The van der Waals surface area contributed by atoms with Crippen LogP contribution in [0.25, 0.3) is 0 Å². The van der Waals surface area contributed by atoms with Gasteiger partial charge in [0.2, 0.25) is 0 Å². The number of rotatable bonds is 0. The fourth-order valence-corrected chi connectivity index (χ4v) is 0. The van der Waals surface area contributed by atoms with Crippen LogP contribution in [-0.4, -0.2) is 8.42 Å². The van der Waals surface area contributed by atoms with Gasteiger partial charge < -0.3 is 0 Å². The van der Waals surface area contributed by atoms with Crippen molar-refractivity contribution in [1.29, 1.82) is 0 Å². The van der Waals surface area contributed by atoms with Crippen molar-refractivity contribution in [3.8, 4) is 0 Å².